The molecule has 0 radical (unpaired) electrons. The molecule has 0 unspecified atom stereocenters. The van der Waals surface area contributed by atoms with E-state index in [0.717, 1.165) is 11.3 Å². The Labute approximate surface area is 161 Å². The number of ketones is 1. The average Bonchev–Trinajstić information content (AvgIpc) is 3.04. The summed E-state index contributed by atoms with van der Waals surface area (Å²) in [7, 11) is 0. The molecule has 0 saturated carbocycles. The van der Waals surface area contributed by atoms with Crippen LogP contribution in [0.4, 0.5) is 11.6 Å². The number of carbonyl (C=O) groups is 1. The van der Waals surface area contributed by atoms with Gasteiger partial charge < -0.3 is 5.32 Å². The van der Waals surface area contributed by atoms with Crippen molar-refractivity contribution in [3.8, 4) is 0 Å². The zero-order valence-corrected chi connectivity index (χ0v) is 15.5. The molecule has 0 saturated heterocycles. The molecule has 3 rings (SSSR count). The van der Waals surface area contributed by atoms with Crippen LogP contribution in [0.5, 0.6) is 0 Å². The predicted molar refractivity (Wildman–Crippen MR) is 107 cm³/mol. The third-order valence-corrected chi connectivity index (χ3v) is 4.03. The molecule has 132 valence electrons. The van der Waals surface area contributed by atoms with Crippen LogP contribution < -0.4 is 10.6 Å². The van der Waals surface area contributed by atoms with Crippen molar-refractivity contribution in [1.82, 2.24) is 14.8 Å². The predicted octanol–water partition coefficient (Wildman–Crippen LogP) is 3.99. The summed E-state index contributed by atoms with van der Waals surface area (Å²) in [4.78, 5) is 15.5. The molecule has 0 aliphatic carbocycles. The number of rotatable bonds is 5. The van der Waals surface area contributed by atoms with E-state index in [-0.39, 0.29) is 5.78 Å². The number of anilines is 2. The minimum Gasteiger partial charge on any atom is -0.332 e. The van der Waals surface area contributed by atoms with Gasteiger partial charge in [0.1, 0.15) is 6.33 Å². The second-order valence-corrected chi connectivity index (χ2v) is 6.45. The monoisotopic (exact) mass is 385 g/mol. The van der Waals surface area contributed by atoms with Gasteiger partial charge in [-0.25, -0.2) is 9.67 Å². The fourth-order valence-corrected chi connectivity index (χ4v) is 2.59. The number of hydrogen-bond acceptors (Lipinski definition) is 4. The summed E-state index contributed by atoms with van der Waals surface area (Å²) in [6.45, 7) is 2.11. The van der Waals surface area contributed by atoms with E-state index in [9.17, 15) is 4.79 Å². The Hall–Kier alpha value is -2.77. The van der Waals surface area contributed by atoms with E-state index in [4.69, 9.17) is 23.8 Å². The van der Waals surface area contributed by atoms with Crippen LogP contribution in [0.3, 0.4) is 0 Å². The van der Waals surface area contributed by atoms with Gasteiger partial charge >= 0.3 is 0 Å². The lowest BCUT2D eigenvalue weighted by Gasteiger charge is -2.08. The molecule has 2 aromatic carbocycles. The first kappa shape index (κ1) is 18.0. The largest absolute Gasteiger partial charge is 0.332 e. The van der Waals surface area contributed by atoms with Gasteiger partial charge in [0, 0.05) is 16.3 Å². The van der Waals surface area contributed by atoms with Crippen LogP contribution in [0.2, 0.25) is 5.02 Å². The maximum Gasteiger partial charge on any atom is 0.248 e. The smallest absolute Gasteiger partial charge is 0.248 e. The van der Waals surface area contributed by atoms with Gasteiger partial charge in [-0.05, 0) is 61.1 Å². The van der Waals surface area contributed by atoms with Crippen molar-refractivity contribution in [3.05, 3.63) is 71.0 Å². The number of Topliss-reactive ketones (excluding diaryl/α,β-unsaturated/α-hetero) is 1. The maximum atomic E-state index is 11.3. The Kier molecular flexibility index (Phi) is 5.60. The van der Waals surface area contributed by atoms with E-state index >= 15 is 0 Å². The number of halogens is 1. The fraction of sp³-hybridized carbons (Fsp3) is 0.111. The third kappa shape index (κ3) is 4.87. The SMILES string of the molecule is CC(=O)c1ccc(NC(=S)Nc2ncn(Cc3ccc(Cl)cc3)n2)cc1. The summed E-state index contributed by atoms with van der Waals surface area (Å²) in [5.41, 5.74) is 2.49. The molecule has 0 aliphatic rings. The lowest BCUT2D eigenvalue weighted by Crippen LogP contribution is -2.20. The fourth-order valence-electron chi connectivity index (χ4n) is 2.26. The molecule has 0 amide bonds. The molecule has 0 aliphatic heterocycles. The summed E-state index contributed by atoms with van der Waals surface area (Å²) < 4.78 is 1.70. The number of nitrogens with zero attached hydrogens (tertiary/aromatic N) is 3. The minimum absolute atomic E-state index is 0.0210. The summed E-state index contributed by atoms with van der Waals surface area (Å²) in [6.07, 6.45) is 1.63. The van der Waals surface area contributed by atoms with Gasteiger partial charge in [0.25, 0.3) is 0 Å². The molecule has 3 aromatic rings. The van der Waals surface area contributed by atoms with Crippen LogP contribution in [0.25, 0.3) is 0 Å². The van der Waals surface area contributed by atoms with E-state index in [1.807, 2.05) is 24.3 Å². The van der Waals surface area contributed by atoms with E-state index in [0.29, 0.717) is 28.2 Å². The van der Waals surface area contributed by atoms with E-state index in [1.165, 1.54) is 6.92 Å². The first-order chi connectivity index (χ1) is 12.5. The summed E-state index contributed by atoms with van der Waals surface area (Å²) in [5.74, 6) is 0.421. The molecular formula is C18H16ClN5OS. The number of hydrogen-bond donors (Lipinski definition) is 2. The van der Waals surface area contributed by atoms with Crippen LogP contribution in [0, 0.1) is 0 Å². The summed E-state index contributed by atoms with van der Waals surface area (Å²) in [5, 5.41) is 11.4. The lowest BCUT2D eigenvalue weighted by molar-refractivity contribution is 0.101. The highest BCUT2D eigenvalue weighted by Crippen LogP contribution is 2.12. The molecule has 0 fully saturated rings. The highest BCUT2D eigenvalue weighted by molar-refractivity contribution is 7.80. The summed E-state index contributed by atoms with van der Waals surface area (Å²) >= 11 is 11.1. The molecule has 8 heteroatoms. The Morgan fingerprint density at radius 3 is 2.46 bits per heavy atom. The molecule has 0 bridgehead atoms. The van der Waals surface area contributed by atoms with E-state index < -0.39 is 0 Å². The van der Waals surface area contributed by atoms with Gasteiger partial charge in [-0.3, -0.25) is 10.1 Å². The van der Waals surface area contributed by atoms with Gasteiger partial charge in [-0.1, -0.05) is 23.7 Å². The van der Waals surface area contributed by atoms with Crippen molar-refractivity contribution < 1.29 is 4.79 Å². The number of thiocarbonyl (C=S) groups is 1. The molecule has 6 nitrogen and oxygen atoms in total. The highest BCUT2D eigenvalue weighted by atomic mass is 35.5. The number of benzene rings is 2. The molecule has 1 heterocycles. The zero-order chi connectivity index (χ0) is 18.5. The van der Waals surface area contributed by atoms with Gasteiger partial charge in [0.2, 0.25) is 5.95 Å². The highest BCUT2D eigenvalue weighted by Gasteiger charge is 2.05. The van der Waals surface area contributed by atoms with E-state index in [1.54, 1.807) is 35.3 Å². The van der Waals surface area contributed by atoms with Gasteiger partial charge in [-0.15, -0.1) is 5.10 Å². The quantitative estimate of drug-likeness (QED) is 0.511. The average molecular weight is 386 g/mol. The summed E-state index contributed by atoms with van der Waals surface area (Å²) in [6, 6.07) is 14.6. The van der Waals surface area contributed by atoms with Gasteiger partial charge in [-0.2, -0.15) is 0 Å². The van der Waals surface area contributed by atoms with Crippen molar-refractivity contribution in [2.75, 3.05) is 10.6 Å². The number of aromatic nitrogens is 3. The Bertz CT molecular complexity index is 922. The number of carbonyl (C=O) groups excluding carboxylic acids is 1. The zero-order valence-electron chi connectivity index (χ0n) is 13.9. The van der Waals surface area contributed by atoms with Crippen molar-refractivity contribution in [3.63, 3.8) is 0 Å². The maximum absolute atomic E-state index is 11.3. The third-order valence-electron chi connectivity index (χ3n) is 3.57. The van der Waals surface area contributed by atoms with Crippen LogP contribution in [0.15, 0.2) is 54.9 Å². The normalized spacial score (nSPS) is 10.4. The Morgan fingerprint density at radius 2 is 1.81 bits per heavy atom. The Morgan fingerprint density at radius 1 is 1.12 bits per heavy atom. The standard InChI is InChI=1S/C18H16ClN5OS/c1-12(25)14-4-8-16(9-5-14)21-18(26)22-17-20-11-24(23-17)10-13-2-6-15(19)7-3-13/h2-9,11H,10H2,1H3,(H2,21,22,23,26). The minimum atomic E-state index is 0.0210. The molecular weight excluding hydrogens is 370 g/mol. The molecule has 1 aromatic heterocycles. The molecule has 0 atom stereocenters. The van der Waals surface area contributed by atoms with Gasteiger partial charge in [0.15, 0.2) is 10.9 Å². The van der Waals surface area contributed by atoms with Crippen LogP contribution >= 0.6 is 23.8 Å². The molecule has 26 heavy (non-hydrogen) atoms. The Balaban J connectivity index is 1.57. The van der Waals surface area contributed by atoms with Crippen molar-refractivity contribution in [2.45, 2.75) is 13.5 Å². The lowest BCUT2D eigenvalue weighted by atomic mass is 10.1. The van der Waals surface area contributed by atoms with Crippen LogP contribution in [-0.2, 0) is 6.54 Å². The first-order valence-electron chi connectivity index (χ1n) is 7.82. The van der Waals surface area contributed by atoms with Gasteiger partial charge in [0.05, 0.1) is 6.54 Å². The van der Waals surface area contributed by atoms with Crippen molar-refractivity contribution in [2.24, 2.45) is 0 Å². The van der Waals surface area contributed by atoms with Crippen LogP contribution in [0.1, 0.15) is 22.8 Å². The molecule has 2 N–H and O–H groups in total. The molecule has 0 spiro atoms. The first-order valence-corrected chi connectivity index (χ1v) is 8.61. The second-order valence-electron chi connectivity index (χ2n) is 5.60. The second kappa shape index (κ2) is 8.07. The van der Waals surface area contributed by atoms with Crippen molar-refractivity contribution >= 4 is 46.4 Å². The van der Waals surface area contributed by atoms with Crippen LogP contribution in [-0.4, -0.2) is 25.7 Å². The van der Waals surface area contributed by atoms with E-state index in [2.05, 4.69) is 20.7 Å². The topological polar surface area (TPSA) is 71.8 Å². The number of nitrogens with one attached hydrogen (secondary N) is 2. The van der Waals surface area contributed by atoms with Crippen molar-refractivity contribution in [1.29, 1.82) is 0 Å².